The Balaban J connectivity index is 1.99. The van der Waals surface area contributed by atoms with E-state index in [1.807, 2.05) is 0 Å². The zero-order chi connectivity index (χ0) is 10.7. The normalized spacial score (nSPS) is 20.2. The van der Waals surface area contributed by atoms with Crippen LogP contribution in [0.3, 0.4) is 0 Å². The van der Waals surface area contributed by atoms with Crippen LogP contribution in [-0.2, 0) is 4.79 Å². The minimum Gasteiger partial charge on any atom is -0.316 e. The number of carbonyl (C=O) groups excluding carboxylic acids is 1. The summed E-state index contributed by atoms with van der Waals surface area (Å²) in [6, 6.07) is 3.32. The van der Waals surface area contributed by atoms with Crippen molar-refractivity contribution in [2.24, 2.45) is 5.92 Å². The van der Waals surface area contributed by atoms with Crippen LogP contribution in [0.2, 0.25) is 5.02 Å². The van der Waals surface area contributed by atoms with E-state index in [1.54, 1.807) is 18.3 Å². The van der Waals surface area contributed by atoms with E-state index in [0.29, 0.717) is 10.8 Å². The molecule has 5 heteroatoms. The summed E-state index contributed by atoms with van der Waals surface area (Å²) in [4.78, 5) is 15.7. The molecule has 15 heavy (non-hydrogen) atoms. The molecule has 0 aliphatic carbocycles. The fraction of sp³-hybridized carbons (Fsp3) is 0.400. The van der Waals surface area contributed by atoms with Crippen molar-refractivity contribution < 1.29 is 4.79 Å². The molecule has 2 rings (SSSR count). The average Bonchev–Trinajstić information content (AvgIpc) is 2.70. The molecule has 4 nitrogen and oxygen atoms in total. The Bertz CT molecular complexity index is 363. The lowest BCUT2D eigenvalue weighted by molar-refractivity contribution is -0.119. The van der Waals surface area contributed by atoms with Crippen LogP contribution < -0.4 is 10.6 Å². The number of anilines is 1. The number of hydrogen-bond donors (Lipinski definition) is 2. The zero-order valence-corrected chi connectivity index (χ0v) is 8.92. The van der Waals surface area contributed by atoms with Crippen molar-refractivity contribution in [3.63, 3.8) is 0 Å². The lowest BCUT2D eigenvalue weighted by Crippen LogP contribution is -2.24. The second-order valence-corrected chi connectivity index (χ2v) is 3.97. The summed E-state index contributed by atoms with van der Waals surface area (Å²) in [5, 5.41) is 6.47. The quantitative estimate of drug-likeness (QED) is 0.798. The summed E-state index contributed by atoms with van der Waals surface area (Å²) in [5.41, 5.74) is 0. The maximum absolute atomic E-state index is 11.7. The fourth-order valence-electron chi connectivity index (χ4n) is 1.58. The number of amides is 1. The van der Waals surface area contributed by atoms with Crippen LogP contribution in [-0.4, -0.2) is 24.0 Å². The topological polar surface area (TPSA) is 54.0 Å². The summed E-state index contributed by atoms with van der Waals surface area (Å²) in [6.45, 7) is 1.65. The Kier molecular flexibility index (Phi) is 3.18. The minimum atomic E-state index is 0.00904. The van der Waals surface area contributed by atoms with Gasteiger partial charge >= 0.3 is 0 Å². The van der Waals surface area contributed by atoms with Gasteiger partial charge in [-0.25, -0.2) is 4.98 Å². The highest BCUT2D eigenvalue weighted by Crippen LogP contribution is 2.14. The number of carbonyl (C=O) groups is 1. The van der Waals surface area contributed by atoms with Gasteiger partial charge in [-0.3, -0.25) is 4.79 Å². The number of pyridine rings is 1. The van der Waals surface area contributed by atoms with E-state index >= 15 is 0 Å². The Morgan fingerprint density at radius 2 is 2.53 bits per heavy atom. The first-order valence-corrected chi connectivity index (χ1v) is 5.26. The molecule has 0 bridgehead atoms. The maximum atomic E-state index is 11.7. The highest BCUT2D eigenvalue weighted by molar-refractivity contribution is 6.30. The molecule has 1 unspecified atom stereocenters. The van der Waals surface area contributed by atoms with Crippen LogP contribution in [0.4, 0.5) is 5.82 Å². The van der Waals surface area contributed by atoms with E-state index < -0.39 is 0 Å². The highest BCUT2D eigenvalue weighted by Gasteiger charge is 2.22. The Morgan fingerprint density at radius 1 is 1.67 bits per heavy atom. The lowest BCUT2D eigenvalue weighted by Gasteiger charge is -2.08. The molecule has 0 saturated carbocycles. The third kappa shape index (κ3) is 2.67. The summed E-state index contributed by atoms with van der Waals surface area (Å²) in [5.74, 6) is 0.569. The summed E-state index contributed by atoms with van der Waals surface area (Å²) >= 11 is 5.78. The Hall–Kier alpha value is -1.13. The van der Waals surface area contributed by atoms with Crippen molar-refractivity contribution in [2.75, 3.05) is 18.4 Å². The molecule has 1 saturated heterocycles. The van der Waals surface area contributed by atoms with E-state index in [0.717, 1.165) is 19.5 Å². The summed E-state index contributed by atoms with van der Waals surface area (Å²) in [6.07, 6.45) is 2.46. The van der Waals surface area contributed by atoms with Crippen molar-refractivity contribution in [1.29, 1.82) is 0 Å². The number of halogens is 1. The molecule has 0 aromatic carbocycles. The van der Waals surface area contributed by atoms with Gasteiger partial charge in [0.15, 0.2) is 0 Å². The second-order valence-electron chi connectivity index (χ2n) is 3.54. The van der Waals surface area contributed by atoms with Gasteiger partial charge in [-0.1, -0.05) is 11.6 Å². The van der Waals surface area contributed by atoms with Gasteiger partial charge in [0.1, 0.15) is 5.82 Å². The lowest BCUT2D eigenvalue weighted by atomic mass is 10.1. The maximum Gasteiger partial charge on any atom is 0.229 e. The summed E-state index contributed by atoms with van der Waals surface area (Å²) < 4.78 is 0. The molecule has 1 aromatic rings. The number of nitrogens with zero attached hydrogens (tertiary/aromatic N) is 1. The van der Waals surface area contributed by atoms with Crippen molar-refractivity contribution in [1.82, 2.24) is 10.3 Å². The smallest absolute Gasteiger partial charge is 0.229 e. The molecule has 2 heterocycles. The van der Waals surface area contributed by atoms with E-state index in [-0.39, 0.29) is 11.8 Å². The first-order valence-electron chi connectivity index (χ1n) is 4.89. The molecule has 1 fully saturated rings. The van der Waals surface area contributed by atoms with Gasteiger partial charge < -0.3 is 10.6 Å². The molecular weight excluding hydrogens is 214 g/mol. The first-order chi connectivity index (χ1) is 7.25. The van der Waals surface area contributed by atoms with Gasteiger partial charge in [-0.2, -0.15) is 0 Å². The van der Waals surface area contributed by atoms with Crippen LogP contribution in [0.25, 0.3) is 0 Å². The second kappa shape index (κ2) is 4.59. The van der Waals surface area contributed by atoms with Crippen LogP contribution in [0.5, 0.6) is 0 Å². The SMILES string of the molecule is O=C(Nc1cc(Cl)ccn1)C1CCNC1. The molecule has 1 aromatic heterocycles. The van der Waals surface area contributed by atoms with Gasteiger partial charge in [0.05, 0.1) is 5.92 Å². The summed E-state index contributed by atoms with van der Waals surface area (Å²) in [7, 11) is 0. The Morgan fingerprint density at radius 3 is 3.20 bits per heavy atom. The zero-order valence-electron chi connectivity index (χ0n) is 8.16. The molecule has 80 valence electrons. The third-order valence-corrected chi connectivity index (χ3v) is 2.64. The molecule has 1 amide bonds. The van der Waals surface area contributed by atoms with Crippen molar-refractivity contribution in [3.05, 3.63) is 23.4 Å². The first kappa shape index (κ1) is 10.4. The van der Waals surface area contributed by atoms with Gasteiger partial charge in [-0.15, -0.1) is 0 Å². The van der Waals surface area contributed by atoms with E-state index in [1.165, 1.54) is 0 Å². The largest absolute Gasteiger partial charge is 0.316 e. The number of rotatable bonds is 2. The minimum absolute atomic E-state index is 0.00904. The molecule has 0 radical (unpaired) electrons. The van der Waals surface area contributed by atoms with Crippen LogP contribution in [0.1, 0.15) is 6.42 Å². The van der Waals surface area contributed by atoms with E-state index in [9.17, 15) is 4.79 Å². The van der Waals surface area contributed by atoms with Gasteiger partial charge in [0.2, 0.25) is 5.91 Å². The van der Waals surface area contributed by atoms with Gasteiger partial charge in [0, 0.05) is 17.8 Å². The number of nitrogens with one attached hydrogen (secondary N) is 2. The molecular formula is C10H12ClN3O. The highest BCUT2D eigenvalue weighted by atomic mass is 35.5. The van der Waals surface area contributed by atoms with Crippen molar-refractivity contribution >= 4 is 23.3 Å². The predicted molar refractivity (Wildman–Crippen MR) is 58.9 cm³/mol. The molecule has 2 N–H and O–H groups in total. The van der Waals surface area contributed by atoms with E-state index in [2.05, 4.69) is 15.6 Å². The van der Waals surface area contributed by atoms with Gasteiger partial charge in [-0.05, 0) is 25.1 Å². The molecule has 0 spiro atoms. The standard InChI is InChI=1S/C10H12ClN3O/c11-8-2-4-13-9(5-8)14-10(15)7-1-3-12-6-7/h2,4-5,7,12H,1,3,6H2,(H,13,14,15). The third-order valence-electron chi connectivity index (χ3n) is 2.40. The fourth-order valence-corrected chi connectivity index (χ4v) is 1.74. The number of aromatic nitrogens is 1. The molecule has 1 aliphatic rings. The van der Waals surface area contributed by atoms with Crippen LogP contribution >= 0.6 is 11.6 Å². The van der Waals surface area contributed by atoms with Crippen molar-refractivity contribution in [3.8, 4) is 0 Å². The van der Waals surface area contributed by atoms with E-state index in [4.69, 9.17) is 11.6 Å². The van der Waals surface area contributed by atoms with Crippen LogP contribution in [0, 0.1) is 5.92 Å². The van der Waals surface area contributed by atoms with Crippen molar-refractivity contribution in [2.45, 2.75) is 6.42 Å². The predicted octanol–water partition coefficient (Wildman–Crippen LogP) is 1.28. The van der Waals surface area contributed by atoms with Crippen LogP contribution in [0.15, 0.2) is 18.3 Å². The monoisotopic (exact) mass is 225 g/mol. The van der Waals surface area contributed by atoms with Gasteiger partial charge in [0.25, 0.3) is 0 Å². The average molecular weight is 226 g/mol. The molecule has 1 atom stereocenters. The Labute approximate surface area is 93.0 Å². The molecule has 1 aliphatic heterocycles. The number of hydrogen-bond acceptors (Lipinski definition) is 3.